The van der Waals surface area contributed by atoms with Crippen LogP contribution in [0.3, 0.4) is 0 Å². The summed E-state index contributed by atoms with van der Waals surface area (Å²) < 4.78 is 4.87. The highest BCUT2D eigenvalue weighted by Gasteiger charge is 1.97. The Morgan fingerprint density at radius 2 is 1.48 bits per heavy atom. The summed E-state index contributed by atoms with van der Waals surface area (Å²) in [6.45, 7) is 4.35. The molecule has 0 saturated heterocycles. The van der Waals surface area contributed by atoms with Gasteiger partial charge in [0.15, 0.2) is 0 Å². The van der Waals surface area contributed by atoms with Crippen molar-refractivity contribution in [3.05, 3.63) is 72.9 Å². The molecule has 0 amide bonds. The van der Waals surface area contributed by atoms with Crippen LogP contribution < -0.4 is 0 Å². The summed E-state index contributed by atoms with van der Waals surface area (Å²) in [7, 11) is 0. The molecule has 0 aromatic carbocycles. The summed E-state index contributed by atoms with van der Waals surface area (Å²) in [5.41, 5.74) is 0. The number of aliphatic hydroxyl groups is 1. The fourth-order valence-corrected chi connectivity index (χ4v) is 2.10. The molecule has 0 aromatic rings. The van der Waals surface area contributed by atoms with Crippen LogP contribution in [0.5, 0.6) is 0 Å². The van der Waals surface area contributed by atoms with E-state index in [1.807, 2.05) is 37.3 Å². The van der Waals surface area contributed by atoms with E-state index in [9.17, 15) is 9.90 Å². The zero-order valence-corrected chi connectivity index (χ0v) is 16.9. The van der Waals surface area contributed by atoms with Gasteiger partial charge >= 0.3 is 5.97 Å². The van der Waals surface area contributed by atoms with Gasteiger partial charge in [0.1, 0.15) is 0 Å². The smallest absolute Gasteiger partial charge is 0.306 e. The second-order valence-corrected chi connectivity index (χ2v) is 5.96. The first kappa shape index (κ1) is 24.9. The normalized spacial score (nSPS) is 14.0. The van der Waals surface area contributed by atoms with E-state index in [4.69, 9.17) is 4.74 Å². The lowest BCUT2D eigenvalue weighted by molar-refractivity contribution is -0.143. The molecule has 27 heavy (non-hydrogen) atoms. The number of aliphatic hydroxyl groups excluding tert-OH is 1. The Morgan fingerprint density at radius 3 is 2.11 bits per heavy atom. The molecule has 0 fully saturated rings. The van der Waals surface area contributed by atoms with Crippen molar-refractivity contribution >= 4 is 5.97 Å². The van der Waals surface area contributed by atoms with E-state index < -0.39 is 6.10 Å². The van der Waals surface area contributed by atoms with Gasteiger partial charge in [-0.15, -0.1) is 0 Å². The number of ether oxygens (including phenoxy) is 1. The van der Waals surface area contributed by atoms with Crippen molar-refractivity contribution in [2.45, 2.75) is 64.9 Å². The highest BCUT2D eigenvalue weighted by atomic mass is 16.5. The summed E-state index contributed by atoms with van der Waals surface area (Å²) in [5.74, 6) is -0.132. The van der Waals surface area contributed by atoms with Gasteiger partial charge in [0.2, 0.25) is 0 Å². The Bertz CT molecular complexity index is 522. The van der Waals surface area contributed by atoms with Crippen LogP contribution in [0.4, 0.5) is 0 Å². The van der Waals surface area contributed by atoms with Gasteiger partial charge in [0.25, 0.3) is 0 Å². The predicted octanol–water partition coefficient (Wildman–Crippen LogP) is 6.00. The molecule has 0 radical (unpaired) electrons. The molecule has 150 valence electrons. The number of carbonyl (C=O) groups is 1. The van der Waals surface area contributed by atoms with Crippen molar-refractivity contribution in [3.8, 4) is 0 Å². The number of esters is 1. The van der Waals surface area contributed by atoms with E-state index in [1.54, 1.807) is 0 Å². The molecule has 3 nitrogen and oxygen atoms in total. The summed E-state index contributed by atoms with van der Waals surface area (Å²) in [4.78, 5) is 11.1. The van der Waals surface area contributed by atoms with Crippen LogP contribution in [0.2, 0.25) is 0 Å². The van der Waals surface area contributed by atoms with Crippen LogP contribution in [0, 0.1) is 0 Å². The van der Waals surface area contributed by atoms with Gasteiger partial charge in [-0.3, -0.25) is 4.79 Å². The maximum atomic E-state index is 11.1. The molecule has 0 spiro atoms. The molecule has 0 aliphatic carbocycles. The SMILES string of the molecule is CC/C=C\CC(O)/C=C/C=C\C/C=C\C/C=C\C/C=C\CCC(=O)OCC. The van der Waals surface area contributed by atoms with Crippen molar-refractivity contribution < 1.29 is 14.6 Å². The monoisotopic (exact) mass is 372 g/mol. The van der Waals surface area contributed by atoms with Gasteiger partial charge in [-0.05, 0) is 45.4 Å². The first-order valence-electron chi connectivity index (χ1n) is 9.97. The van der Waals surface area contributed by atoms with Crippen molar-refractivity contribution in [1.29, 1.82) is 0 Å². The third kappa shape index (κ3) is 20.0. The molecule has 0 bridgehead atoms. The quantitative estimate of drug-likeness (QED) is 0.218. The average Bonchev–Trinajstić information content (AvgIpc) is 2.65. The molecular weight excluding hydrogens is 336 g/mol. The number of hydrogen-bond acceptors (Lipinski definition) is 3. The Balaban J connectivity index is 3.67. The van der Waals surface area contributed by atoms with Gasteiger partial charge in [-0.1, -0.05) is 79.8 Å². The minimum Gasteiger partial charge on any atom is -0.466 e. The zero-order valence-electron chi connectivity index (χ0n) is 16.9. The van der Waals surface area contributed by atoms with E-state index in [0.717, 1.165) is 32.1 Å². The lowest BCUT2D eigenvalue weighted by atomic mass is 10.2. The van der Waals surface area contributed by atoms with Crippen LogP contribution in [0.1, 0.15) is 58.8 Å². The fourth-order valence-electron chi connectivity index (χ4n) is 2.10. The lowest BCUT2D eigenvalue weighted by Gasteiger charge is -1.98. The average molecular weight is 373 g/mol. The summed E-state index contributed by atoms with van der Waals surface area (Å²) in [5, 5.41) is 9.69. The maximum absolute atomic E-state index is 11.1. The molecule has 0 rings (SSSR count). The van der Waals surface area contributed by atoms with Gasteiger partial charge in [-0.25, -0.2) is 0 Å². The third-order valence-corrected chi connectivity index (χ3v) is 3.50. The first-order chi connectivity index (χ1) is 13.2. The third-order valence-electron chi connectivity index (χ3n) is 3.50. The molecular formula is C24H36O3. The molecule has 0 aromatic heterocycles. The standard InChI is InChI=1S/C24H36O3/c1-3-5-17-20-23(25)21-18-15-13-11-9-7-6-8-10-12-14-16-19-22-24(26)27-4-2/h5,7-10,13-18,21,23,25H,3-4,6,11-12,19-20,22H2,1-2H3/b9-7-,10-8-,15-13-,16-14-,17-5-,21-18+. The van der Waals surface area contributed by atoms with Crippen LogP contribution in [0.25, 0.3) is 0 Å². The highest BCUT2D eigenvalue weighted by molar-refractivity contribution is 5.69. The number of hydrogen-bond donors (Lipinski definition) is 1. The van der Waals surface area contributed by atoms with Gasteiger partial charge in [0, 0.05) is 6.42 Å². The number of carbonyl (C=O) groups excluding carboxylic acids is 1. The first-order valence-corrected chi connectivity index (χ1v) is 9.97. The number of allylic oxidation sites excluding steroid dienone is 10. The van der Waals surface area contributed by atoms with Crippen molar-refractivity contribution in [3.63, 3.8) is 0 Å². The highest BCUT2D eigenvalue weighted by Crippen LogP contribution is 1.99. The van der Waals surface area contributed by atoms with Crippen LogP contribution in [-0.4, -0.2) is 23.8 Å². The Hall–Kier alpha value is -2.13. The number of rotatable bonds is 15. The minimum atomic E-state index is -0.405. The van der Waals surface area contributed by atoms with Gasteiger partial charge in [0.05, 0.1) is 12.7 Å². The molecule has 1 unspecified atom stereocenters. The zero-order chi connectivity index (χ0) is 20.0. The molecule has 0 heterocycles. The Labute approximate surface area is 165 Å². The Morgan fingerprint density at radius 1 is 0.852 bits per heavy atom. The van der Waals surface area contributed by atoms with Crippen LogP contribution in [0.15, 0.2) is 72.9 Å². The fraction of sp³-hybridized carbons (Fsp3) is 0.458. The second-order valence-electron chi connectivity index (χ2n) is 5.96. The minimum absolute atomic E-state index is 0.132. The van der Waals surface area contributed by atoms with Gasteiger partial charge in [-0.2, -0.15) is 0 Å². The van der Waals surface area contributed by atoms with Gasteiger partial charge < -0.3 is 9.84 Å². The van der Waals surface area contributed by atoms with Crippen LogP contribution in [-0.2, 0) is 9.53 Å². The van der Waals surface area contributed by atoms with E-state index in [2.05, 4.69) is 49.5 Å². The summed E-state index contributed by atoms with van der Waals surface area (Å²) in [6, 6.07) is 0. The molecule has 0 aliphatic rings. The van der Waals surface area contributed by atoms with E-state index in [1.165, 1.54) is 0 Å². The lowest BCUT2D eigenvalue weighted by Crippen LogP contribution is -2.02. The Kier molecular flexibility index (Phi) is 18.6. The van der Waals surface area contributed by atoms with E-state index in [0.29, 0.717) is 19.4 Å². The molecule has 1 N–H and O–H groups in total. The molecule has 0 aliphatic heterocycles. The van der Waals surface area contributed by atoms with Crippen molar-refractivity contribution in [2.24, 2.45) is 0 Å². The van der Waals surface area contributed by atoms with Crippen molar-refractivity contribution in [2.75, 3.05) is 6.61 Å². The van der Waals surface area contributed by atoms with Crippen molar-refractivity contribution in [1.82, 2.24) is 0 Å². The van der Waals surface area contributed by atoms with Crippen LogP contribution >= 0.6 is 0 Å². The molecule has 0 saturated carbocycles. The maximum Gasteiger partial charge on any atom is 0.306 e. The summed E-state index contributed by atoms with van der Waals surface area (Å²) in [6.07, 6.45) is 29.6. The van der Waals surface area contributed by atoms with E-state index >= 15 is 0 Å². The second kappa shape index (κ2) is 20.2. The summed E-state index contributed by atoms with van der Waals surface area (Å²) >= 11 is 0. The predicted molar refractivity (Wildman–Crippen MR) is 115 cm³/mol. The molecule has 1 atom stereocenters. The largest absolute Gasteiger partial charge is 0.466 e. The molecule has 3 heteroatoms. The topological polar surface area (TPSA) is 46.5 Å². The van der Waals surface area contributed by atoms with E-state index in [-0.39, 0.29) is 5.97 Å².